The molecule has 2 bridgehead atoms. The van der Waals surface area contributed by atoms with Crippen LogP contribution in [0, 0.1) is 22.2 Å². The van der Waals surface area contributed by atoms with Crippen molar-refractivity contribution in [1.82, 2.24) is 5.32 Å². The minimum absolute atomic E-state index is 0.0134. The highest BCUT2D eigenvalue weighted by molar-refractivity contribution is 6.74. The summed E-state index contributed by atoms with van der Waals surface area (Å²) in [7, 11) is -5.40. The van der Waals surface area contributed by atoms with E-state index in [0.717, 1.165) is 18.1 Å². The molecule has 1 heterocycles. The van der Waals surface area contributed by atoms with Crippen LogP contribution >= 0.6 is 0 Å². The van der Waals surface area contributed by atoms with Crippen LogP contribution in [0.1, 0.15) is 114 Å². The highest BCUT2D eigenvalue weighted by Crippen LogP contribution is 2.66. The minimum atomic E-state index is -2.88. The molecule has 11 atom stereocenters. The Morgan fingerprint density at radius 1 is 0.859 bits per heavy atom. The molecule has 3 aromatic carbocycles. The second kappa shape index (κ2) is 20.2. The molecule has 0 radical (unpaired) electrons. The lowest BCUT2D eigenvalue weighted by molar-refractivity contribution is -0.325. The molecule has 4 N–H and O–H groups in total. The van der Waals surface area contributed by atoms with Gasteiger partial charge in [0.1, 0.15) is 23.9 Å². The number of aliphatic hydroxyl groups is 3. The number of ketones is 1. The average molecular weight is 1010 g/mol. The van der Waals surface area contributed by atoms with E-state index in [0.29, 0.717) is 16.7 Å². The topological polar surface area (TPSA) is 187 Å². The molecule has 0 spiro atoms. The Labute approximate surface area is 422 Å². The van der Waals surface area contributed by atoms with E-state index in [1.54, 1.807) is 100 Å². The Bertz CT molecular complexity index is 2440. The Morgan fingerprint density at radius 3 is 1.92 bits per heavy atom. The van der Waals surface area contributed by atoms with E-state index >= 15 is 9.59 Å². The fourth-order valence-corrected chi connectivity index (χ4v) is 16.2. The number of hydrogen-bond acceptors (Lipinski definition) is 12. The number of benzene rings is 3. The lowest BCUT2D eigenvalue weighted by Crippen LogP contribution is -2.79. The summed E-state index contributed by atoms with van der Waals surface area (Å²) in [6, 6.07) is 27.3. The van der Waals surface area contributed by atoms with Crippen LogP contribution in [-0.2, 0) is 32.7 Å². The highest BCUT2D eigenvalue weighted by atomic mass is 28.4. The molecule has 1 aliphatic heterocycles. The summed E-state index contributed by atoms with van der Waals surface area (Å²) >= 11 is 0. The molecule has 4 aliphatic rings. The number of Topliss-reactive ketones (excluding diaryl/α,β-unsaturated/α-hetero) is 1. The Kier molecular flexibility index (Phi) is 15.5. The maximum Gasteiger partial charge on any atom is 0.338 e. The lowest BCUT2D eigenvalue weighted by atomic mass is 9.42. The summed E-state index contributed by atoms with van der Waals surface area (Å²) in [6.07, 6.45) is -7.77. The predicted octanol–water partition coefficient (Wildman–Crippen LogP) is 8.90. The van der Waals surface area contributed by atoms with Crippen LogP contribution in [0.5, 0.6) is 0 Å². The lowest BCUT2D eigenvalue weighted by Gasteiger charge is -2.69. The van der Waals surface area contributed by atoms with Crippen molar-refractivity contribution >= 4 is 40.3 Å². The second-order valence-corrected chi connectivity index (χ2v) is 32.3. The molecular formula is C56H77NO12Si2. The zero-order valence-electron chi connectivity index (χ0n) is 43.7. The molecule has 1 amide bonds. The van der Waals surface area contributed by atoms with Crippen molar-refractivity contribution in [3.8, 4) is 0 Å². The third-order valence-corrected chi connectivity index (χ3v) is 27.0. The molecule has 7 rings (SSSR count). The van der Waals surface area contributed by atoms with Crippen LogP contribution in [0.4, 0.5) is 0 Å². The van der Waals surface area contributed by atoms with Crippen LogP contribution < -0.4 is 5.32 Å². The van der Waals surface area contributed by atoms with Crippen molar-refractivity contribution in [2.24, 2.45) is 22.2 Å². The third-order valence-electron chi connectivity index (χ3n) is 17.9. The van der Waals surface area contributed by atoms with Gasteiger partial charge in [0.15, 0.2) is 28.5 Å². The number of fused-ring (bicyclic) bond motifs is 5. The van der Waals surface area contributed by atoms with Crippen LogP contribution in [-0.4, -0.2) is 111 Å². The molecule has 1 saturated heterocycles. The van der Waals surface area contributed by atoms with E-state index in [-0.39, 0.29) is 30.6 Å². The summed E-state index contributed by atoms with van der Waals surface area (Å²) < 4.78 is 34.0. The number of aliphatic hydroxyl groups excluding tert-OH is 2. The van der Waals surface area contributed by atoms with E-state index in [9.17, 15) is 24.9 Å². The summed E-state index contributed by atoms with van der Waals surface area (Å²) in [5, 5.41) is 41.5. The van der Waals surface area contributed by atoms with Gasteiger partial charge in [-0.05, 0) is 91.1 Å². The monoisotopic (exact) mass is 1010 g/mol. The maximum absolute atomic E-state index is 16.0. The number of amides is 1. The van der Waals surface area contributed by atoms with Crippen molar-refractivity contribution in [1.29, 1.82) is 0 Å². The predicted molar refractivity (Wildman–Crippen MR) is 275 cm³/mol. The zero-order chi connectivity index (χ0) is 52.1. The Balaban J connectivity index is 1.42. The summed E-state index contributed by atoms with van der Waals surface area (Å²) in [5.41, 5.74) is -4.98. The fraction of sp³-hybridized carbons (Fsp3) is 0.571. The molecule has 386 valence electrons. The van der Waals surface area contributed by atoms with Gasteiger partial charge in [0.25, 0.3) is 5.91 Å². The summed E-state index contributed by atoms with van der Waals surface area (Å²) in [4.78, 5) is 60.3. The smallest absolute Gasteiger partial charge is 0.338 e. The molecule has 71 heavy (non-hydrogen) atoms. The van der Waals surface area contributed by atoms with Crippen molar-refractivity contribution in [3.05, 3.63) is 119 Å². The molecule has 3 aromatic rings. The van der Waals surface area contributed by atoms with Gasteiger partial charge < -0.3 is 43.7 Å². The number of carbonyl (C=O) groups excluding carboxylic acids is 4. The first-order valence-electron chi connectivity index (χ1n) is 25.4. The van der Waals surface area contributed by atoms with Gasteiger partial charge in [-0.1, -0.05) is 122 Å². The van der Waals surface area contributed by atoms with E-state index in [2.05, 4.69) is 26.1 Å². The number of hydrogen-bond donors (Lipinski definition) is 4. The van der Waals surface area contributed by atoms with Gasteiger partial charge in [0.2, 0.25) is 0 Å². The molecule has 3 fully saturated rings. The van der Waals surface area contributed by atoms with Gasteiger partial charge in [-0.2, -0.15) is 0 Å². The molecular weight excluding hydrogens is 935 g/mol. The van der Waals surface area contributed by atoms with Gasteiger partial charge >= 0.3 is 11.9 Å². The van der Waals surface area contributed by atoms with Gasteiger partial charge in [-0.3, -0.25) is 9.59 Å². The number of rotatable bonds is 16. The highest BCUT2D eigenvalue weighted by Gasteiger charge is 2.77. The molecule has 3 aliphatic carbocycles. The Hall–Kier alpha value is -4.33. The van der Waals surface area contributed by atoms with Crippen LogP contribution in [0.25, 0.3) is 0 Å². The van der Waals surface area contributed by atoms with Crippen molar-refractivity contribution < 1.29 is 57.6 Å². The summed E-state index contributed by atoms with van der Waals surface area (Å²) in [6.45, 7) is 22.7. The van der Waals surface area contributed by atoms with Crippen molar-refractivity contribution in [2.45, 2.75) is 167 Å². The quantitative estimate of drug-likeness (QED) is 0.0608. The number of ether oxygens (including phenoxy) is 3. The van der Waals surface area contributed by atoms with Crippen LogP contribution in [0.3, 0.4) is 0 Å². The van der Waals surface area contributed by atoms with E-state index in [4.69, 9.17) is 23.1 Å². The number of carbonyl (C=O) groups is 4. The SMILES string of the molecule is CC[Si](CC)(CC)OC1C[C@H]2OC[C@@]2(CO)[C@H]2[C@H](OC(=O)c3ccccc3)[C@]3(O)C[C@H](OC(=O)[C@H](O[Si](C)(C)C(C)(C)C)[C@@H](NC(=O)c4ccccc4)c4ccccc4)C(C)=C([C@@H](O)C(=O)[C@]12C)C3(C)C. The number of nitrogens with one attached hydrogen (secondary N) is 1. The van der Waals surface area contributed by atoms with E-state index < -0.39 is 122 Å². The van der Waals surface area contributed by atoms with Crippen molar-refractivity contribution in [3.63, 3.8) is 0 Å². The maximum atomic E-state index is 16.0. The standard InChI is InChI=1S/C56H77NO12Si2/c1-13-71(14-2,15-3)68-40-31-41-55(33-58,34-65-41)46-48(67-50(62)38-29-23-18-24-30-38)56(64)32-39(35(4)42(53(56,8)9)44(59)47(60)54(40,46)10)66-51(63)45(69-70(11,12)52(5,6)7)43(36-25-19-16-20-26-36)57-49(61)37-27-21-17-22-28-37/h16-30,39-41,43-46,48,58-59,64H,13-15,31-34H2,1-12H3,(H,57,61)/t39-,40?,41+,43-,44+,45+,46-,48-,54+,55+,56+/m0/s1. The van der Waals surface area contributed by atoms with Gasteiger partial charge in [-0.15, -0.1) is 0 Å². The largest absolute Gasteiger partial charge is 0.456 e. The first-order chi connectivity index (χ1) is 33.3. The summed E-state index contributed by atoms with van der Waals surface area (Å²) in [5.74, 6) is -3.85. The molecule has 0 aromatic heterocycles. The molecule has 2 saturated carbocycles. The average Bonchev–Trinajstić information content (AvgIpc) is 3.34. The zero-order valence-corrected chi connectivity index (χ0v) is 45.7. The first-order valence-corrected chi connectivity index (χ1v) is 30.9. The second-order valence-electron chi connectivity index (χ2n) is 22.8. The Morgan fingerprint density at radius 2 is 1.41 bits per heavy atom. The van der Waals surface area contributed by atoms with Crippen LogP contribution in [0.2, 0.25) is 36.3 Å². The molecule has 1 unspecified atom stereocenters. The normalized spacial score (nSPS) is 30.3. The first kappa shape index (κ1) is 54.4. The fourth-order valence-electron chi connectivity index (χ4n) is 12.0. The van der Waals surface area contributed by atoms with Gasteiger partial charge in [0.05, 0.1) is 47.9 Å². The minimum Gasteiger partial charge on any atom is -0.456 e. The number of esters is 2. The molecule has 15 heteroatoms. The third kappa shape index (κ3) is 9.36. The van der Waals surface area contributed by atoms with Crippen LogP contribution in [0.15, 0.2) is 102 Å². The molecule has 13 nitrogen and oxygen atoms in total. The van der Waals surface area contributed by atoms with Gasteiger partial charge in [-0.25, -0.2) is 9.59 Å². The van der Waals surface area contributed by atoms with Crippen molar-refractivity contribution in [2.75, 3.05) is 13.2 Å². The van der Waals surface area contributed by atoms with E-state index in [1.165, 1.54) is 0 Å². The van der Waals surface area contributed by atoms with Gasteiger partial charge in [0, 0.05) is 29.7 Å². The van der Waals surface area contributed by atoms with E-state index in [1.807, 2.05) is 52.1 Å².